The van der Waals surface area contributed by atoms with E-state index in [1.807, 2.05) is 42.5 Å². The Balaban J connectivity index is 1.73. The van der Waals surface area contributed by atoms with Crippen LogP contribution >= 0.6 is 0 Å². The van der Waals surface area contributed by atoms with Crippen molar-refractivity contribution in [3.8, 4) is 23.3 Å². The summed E-state index contributed by atoms with van der Waals surface area (Å²) in [5.74, 6) is 8.35. The molecule has 0 radical (unpaired) electrons. The van der Waals surface area contributed by atoms with E-state index >= 15 is 0 Å². The summed E-state index contributed by atoms with van der Waals surface area (Å²) in [7, 11) is 0. The third kappa shape index (κ3) is 17.3. The second kappa shape index (κ2) is 24.4. The van der Waals surface area contributed by atoms with Crippen LogP contribution in [0.25, 0.3) is 0 Å². The van der Waals surface area contributed by atoms with Gasteiger partial charge in [0.1, 0.15) is 11.5 Å². The first-order valence-corrected chi connectivity index (χ1v) is 16.8. The van der Waals surface area contributed by atoms with Crippen molar-refractivity contribution in [1.82, 2.24) is 0 Å². The molecule has 0 fully saturated rings. The summed E-state index contributed by atoms with van der Waals surface area (Å²) in [6.45, 7) is 6.06. The van der Waals surface area contributed by atoms with Gasteiger partial charge in [-0.3, -0.25) is 0 Å². The third-order valence-electron chi connectivity index (χ3n) is 7.59. The van der Waals surface area contributed by atoms with Crippen LogP contribution in [0.5, 0.6) is 11.5 Å². The second-order valence-electron chi connectivity index (χ2n) is 11.3. The van der Waals surface area contributed by atoms with Crippen LogP contribution in [0.1, 0.15) is 153 Å². The topological polar surface area (TPSA) is 18.5 Å². The SMILES string of the molecule is CCCCCCCCCCCCOc1ccc(C#Cc2ccccc2)c(OCCCCCCCCCCCC)c1. The van der Waals surface area contributed by atoms with Gasteiger partial charge < -0.3 is 9.47 Å². The van der Waals surface area contributed by atoms with Crippen molar-refractivity contribution in [3.63, 3.8) is 0 Å². The van der Waals surface area contributed by atoms with Crippen molar-refractivity contribution in [2.24, 2.45) is 0 Å². The molecule has 2 heteroatoms. The monoisotopic (exact) mass is 546 g/mol. The Morgan fingerprint density at radius 2 is 0.950 bits per heavy atom. The van der Waals surface area contributed by atoms with Gasteiger partial charge in [-0.1, -0.05) is 159 Å². The zero-order valence-electron chi connectivity index (χ0n) is 26.0. The van der Waals surface area contributed by atoms with Gasteiger partial charge >= 0.3 is 0 Å². The molecule has 0 saturated heterocycles. The average Bonchev–Trinajstić information content (AvgIpc) is 2.98. The molecule has 0 heterocycles. The van der Waals surface area contributed by atoms with Crippen molar-refractivity contribution in [2.45, 2.75) is 142 Å². The van der Waals surface area contributed by atoms with E-state index in [9.17, 15) is 0 Å². The Kier molecular flexibility index (Phi) is 20.6. The minimum atomic E-state index is 0.735. The molecule has 40 heavy (non-hydrogen) atoms. The van der Waals surface area contributed by atoms with Crippen LogP contribution in [0.4, 0.5) is 0 Å². The highest BCUT2D eigenvalue weighted by Crippen LogP contribution is 2.25. The molecule has 2 aromatic carbocycles. The Morgan fingerprint density at radius 1 is 0.475 bits per heavy atom. The quantitative estimate of drug-likeness (QED) is 0.0962. The van der Waals surface area contributed by atoms with Gasteiger partial charge in [0, 0.05) is 11.6 Å². The Bertz CT molecular complexity index is 908. The molecule has 222 valence electrons. The van der Waals surface area contributed by atoms with Gasteiger partial charge in [-0.15, -0.1) is 0 Å². The molecule has 0 aliphatic carbocycles. The molecule has 2 rings (SSSR count). The van der Waals surface area contributed by atoms with Crippen LogP contribution in [-0.4, -0.2) is 13.2 Å². The van der Waals surface area contributed by atoms with Crippen molar-refractivity contribution >= 4 is 0 Å². The predicted molar refractivity (Wildman–Crippen MR) is 174 cm³/mol. The van der Waals surface area contributed by atoms with Gasteiger partial charge in [0.25, 0.3) is 0 Å². The lowest BCUT2D eigenvalue weighted by atomic mass is 10.1. The summed E-state index contributed by atoms with van der Waals surface area (Å²) in [4.78, 5) is 0. The minimum absolute atomic E-state index is 0.735. The van der Waals surface area contributed by atoms with E-state index in [-0.39, 0.29) is 0 Å². The Labute approximate surface area is 247 Å². The van der Waals surface area contributed by atoms with Gasteiger partial charge in [-0.25, -0.2) is 0 Å². The lowest BCUT2D eigenvalue weighted by Crippen LogP contribution is -2.01. The molecule has 0 aromatic heterocycles. The molecule has 2 aromatic rings. The average molecular weight is 547 g/mol. The maximum atomic E-state index is 6.26. The van der Waals surface area contributed by atoms with E-state index < -0.39 is 0 Å². The van der Waals surface area contributed by atoms with E-state index in [1.54, 1.807) is 0 Å². The molecule has 0 aliphatic rings. The smallest absolute Gasteiger partial charge is 0.138 e. The summed E-state index contributed by atoms with van der Waals surface area (Å²) in [5.41, 5.74) is 1.95. The number of hydrogen-bond donors (Lipinski definition) is 0. The largest absolute Gasteiger partial charge is 0.493 e. The minimum Gasteiger partial charge on any atom is -0.493 e. The molecule has 2 nitrogen and oxygen atoms in total. The normalized spacial score (nSPS) is 10.8. The van der Waals surface area contributed by atoms with Crippen molar-refractivity contribution in [1.29, 1.82) is 0 Å². The summed E-state index contributed by atoms with van der Waals surface area (Å²) in [5, 5.41) is 0. The predicted octanol–water partition coefficient (Wildman–Crippen LogP) is 11.7. The van der Waals surface area contributed by atoms with Crippen LogP contribution in [0.3, 0.4) is 0 Å². The molecule has 0 bridgehead atoms. The Morgan fingerprint density at radius 3 is 1.48 bits per heavy atom. The van der Waals surface area contributed by atoms with Crippen molar-refractivity contribution in [2.75, 3.05) is 13.2 Å². The van der Waals surface area contributed by atoms with Gasteiger partial charge in [0.15, 0.2) is 0 Å². The lowest BCUT2D eigenvalue weighted by Gasteiger charge is -2.12. The molecule has 0 amide bonds. The van der Waals surface area contributed by atoms with E-state index in [0.29, 0.717) is 0 Å². The van der Waals surface area contributed by atoms with E-state index in [1.165, 1.54) is 116 Å². The molecule has 0 N–H and O–H groups in total. The first-order valence-electron chi connectivity index (χ1n) is 16.8. The van der Waals surface area contributed by atoms with Crippen LogP contribution in [0, 0.1) is 11.8 Å². The van der Waals surface area contributed by atoms with Crippen molar-refractivity contribution < 1.29 is 9.47 Å². The zero-order valence-corrected chi connectivity index (χ0v) is 26.0. The van der Waals surface area contributed by atoms with E-state index in [2.05, 4.69) is 31.8 Å². The van der Waals surface area contributed by atoms with Gasteiger partial charge in [-0.05, 0) is 37.1 Å². The van der Waals surface area contributed by atoms with E-state index in [0.717, 1.165) is 48.7 Å². The highest BCUT2D eigenvalue weighted by Gasteiger charge is 2.06. The number of rotatable bonds is 24. The maximum Gasteiger partial charge on any atom is 0.138 e. The summed E-state index contributed by atoms with van der Waals surface area (Å²) in [6, 6.07) is 16.3. The standard InChI is InChI=1S/C38H58O2/c1-3-5-7-9-11-13-15-17-19-24-32-39-37-31-30-36(29-28-35-26-22-21-23-27-35)38(34-37)40-33-25-20-18-16-14-12-10-8-6-4-2/h21-23,26-27,30-31,34H,3-20,24-25,32-33H2,1-2H3. The molecule has 0 spiro atoms. The van der Waals surface area contributed by atoms with Gasteiger partial charge in [-0.2, -0.15) is 0 Å². The highest BCUT2D eigenvalue weighted by atomic mass is 16.5. The number of ether oxygens (including phenoxy) is 2. The van der Waals surface area contributed by atoms with Crippen LogP contribution in [0.2, 0.25) is 0 Å². The number of hydrogen-bond acceptors (Lipinski definition) is 2. The van der Waals surface area contributed by atoms with E-state index in [4.69, 9.17) is 9.47 Å². The van der Waals surface area contributed by atoms with Crippen LogP contribution < -0.4 is 9.47 Å². The number of benzene rings is 2. The zero-order chi connectivity index (χ0) is 28.4. The van der Waals surface area contributed by atoms with Crippen LogP contribution in [0.15, 0.2) is 48.5 Å². The first-order chi connectivity index (χ1) is 19.8. The molecule has 0 saturated carbocycles. The maximum absolute atomic E-state index is 6.26. The van der Waals surface area contributed by atoms with Gasteiger partial charge in [0.2, 0.25) is 0 Å². The summed E-state index contributed by atoms with van der Waals surface area (Å²) in [6.07, 6.45) is 26.6. The molecule has 0 unspecified atom stereocenters. The number of unbranched alkanes of at least 4 members (excludes halogenated alkanes) is 18. The van der Waals surface area contributed by atoms with Crippen molar-refractivity contribution in [3.05, 3.63) is 59.7 Å². The molecular formula is C38H58O2. The third-order valence-corrected chi connectivity index (χ3v) is 7.59. The van der Waals surface area contributed by atoms with Gasteiger partial charge in [0.05, 0.1) is 18.8 Å². The molecular weight excluding hydrogens is 488 g/mol. The molecule has 0 aliphatic heterocycles. The lowest BCUT2D eigenvalue weighted by molar-refractivity contribution is 0.289. The summed E-state index contributed by atoms with van der Waals surface area (Å²) < 4.78 is 12.4. The fourth-order valence-electron chi connectivity index (χ4n) is 5.03. The second-order valence-corrected chi connectivity index (χ2v) is 11.3. The fraction of sp³-hybridized carbons (Fsp3) is 0.632. The first kappa shape index (κ1) is 33.8. The fourth-order valence-corrected chi connectivity index (χ4v) is 5.03. The highest BCUT2D eigenvalue weighted by molar-refractivity contribution is 5.52. The molecule has 0 atom stereocenters. The summed E-state index contributed by atoms with van der Waals surface area (Å²) >= 11 is 0. The Hall–Kier alpha value is -2.40. The van der Waals surface area contributed by atoms with Crippen LogP contribution in [-0.2, 0) is 0 Å².